The van der Waals surface area contributed by atoms with Crippen molar-refractivity contribution >= 4 is 17.5 Å². The van der Waals surface area contributed by atoms with Gasteiger partial charge in [-0.25, -0.2) is 4.39 Å². The molecule has 6 heteroatoms. The molecule has 0 unspecified atom stereocenters. The van der Waals surface area contributed by atoms with Crippen molar-refractivity contribution < 1.29 is 14.0 Å². The van der Waals surface area contributed by atoms with Gasteiger partial charge in [0.15, 0.2) is 0 Å². The van der Waals surface area contributed by atoms with E-state index in [1.807, 2.05) is 6.92 Å². The first-order valence-corrected chi connectivity index (χ1v) is 7.10. The first-order chi connectivity index (χ1) is 9.98. The fourth-order valence-electron chi connectivity index (χ4n) is 2.70. The summed E-state index contributed by atoms with van der Waals surface area (Å²) in [5.74, 6) is -1.63. The number of primary amides is 1. The maximum absolute atomic E-state index is 13.4. The van der Waals surface area contributed by atoms with Crippen LogP contribution in [-0.4, -0.2) is 24.9 Å². The summed E-state index contributed by atoms with van der Waals surface area (Å²) in [6, 6.07) is 3.85. The van der Waals surface area contributed by atoms with E-state index in [1.54, 1.807) is 0 Å². The van der Waals surface area contributed by atoms with Gasteiger partial charge in [0, 0.05) is 5.69 Å². The van der Waals surface area contributed by atoms with Gasteiger partial charge in [0.1, 0.15) is 5.82 Å². The number of benzene rings is 1. The third-order valence-corrected chi connectivity index (χ3v) is 4.21. The highest BCUT2D eigenvalue weighted by molar-refractivity contribution is 5.98. The minimum absolute atomic E-state index is 0.0893. The van der Waals surface area contributed by atoms with Crippen LogP contribution < -0.4 is 16.4 Å². The second kappa shape index (κ2) is 6.22. The molecule has 1 aliphatic rings. The Kier molecular flexibility index (Phi) is 4.57. The molecule has 1 saturated heterocycles. The molecule has 5 nitrogen and oxygen atoms in total. The summed E-state index contributed by atoms with van der Waals surface area (Å²) in [6.07, 6.45) is 2.27. The molecular weight excluding hydrogens is 273 g/mol. The van der Waals surface area contributed by atoms with Crippen molar-refractivity contribution in [3.8, 4) is 0 Å². The number of nitrogens with two attached hydrogens (primary N) is 1. The van der Waals surface area contributed by atoms with Crippen molar-refractivity contribution in [2.45, 2.75) is 26.2 Å². The average molecular weight is 293 g/mol. The van der Waals surface area contributed by atoms with Crippen LogP contribution in [-0.2, 0) is 4.79 Å². The van der Waals surface area contributed by atoms with Gasteiger partial charge in [-0.1, -0.05) is 6.92 Å². The molecule has 0 spiro atoms. The Morgan fingerprint density at radius 1 is 1.38 bits per heavy atom. The molecular formula is C15H20FN3O2. The van der Waals surface area contributed by atoms with Gasteiger partial charge in [-0.15, -0.1) is 0 Å². The largest absolute Gasteiger partial charge is 0.366 e. The SMILES string of the molecule is CCC1(C(=O)Nc2ccc(F)c(C(N)=O)c2)CCNCC1. The second-order valence-electron chi connectivity index (χ2n) is 5.40. The topological polar surface area (TPSA) is 84.2 Å². The van der Waals surface area contributed by atoms with Gasteiger partial charge in [0.05, 0.1) is 11.0 Å². The van der Waals surface area contributed by atoms with Crippen LogP contribution in [0.15, 0.2) is 18.2 Å². The third kappa shape index (κ3) is 3.21. The fraction of sp³-hybridized carbons (Fsp3) is 0.467. The molecule has 0 bridgehead atoms. The van der Waals surface area contributed by atoms with E-state index in [-0.39, 0.29) is 11.5 Å². The first-order valence-electron chi connectivity index (χ1n) is 7.10. The smallest absolute Gasteiger partial charge is 0.251 e. The molecule has 1 aromatic carbocycles. The molecule has 1 aliphatic heterocycles. The van der Waals surface area contributed by atoms with E-state index in [2.05, 4.69) is 10.6 Å². The lowest BCUT2D eigenvalue weighted by atomic mass is 9.76. The monoisotopic (exact) mass is 293 g/mol. The zero-order valence-corrected chi connectivity index (χ0v) is 12.0. The maximum atomic E-state index is 13.4. The molecule has 0 saturated carbocycles. The Hall–Kier alpha value is -1.95. The molecule has 1 aromatic rings. The third-order valence-electron chi connectivity index (χ3n) is 4.21. The number of carbonyl (C=O) groups is 2. The molecule has 21 heavy (non-hydrogen) atoms. The molecule has 1 heterocycles. The number of piperidine rings is 1. The highest BCUT2D eigenvalue weighted by atomic mass is 19.1. The van der Waals surface area contributed by atoms with E-state index >= 15 is 0 Å². The summed E-state index contributed by atoms with van der Waals surface area (Å²) < 4.78 is 13.4. The van der Waals surface area contributed by atoms with Crippen molar-refractivity contribution in [3.63, 3.8) is 0 Å². The molecule has 0 aliphatic carbocycles. The summed E-state index contributed by atoms with van der Waals surface area (Å²) in [5, 5.41) is 6.02. The minimum atomic E-state index is -0.851. The van der Waals surface area contributed by atoms with E-state index in [9.17, 15) is 14.0 Å². The minimum Gasteiger partial charge on any atom is -0.366 e. The number of hydrogen-bond acceptors (Lipinski definition) is 3. The molecule has 114 valence electrons. The average Bonchev–Trinajstić information content (AvgIpc) is 2.49. The van der Waals surface area contributed by atoms with Gasteiger partial charge >= 0.3 is 0 Å². The van der Waals surface area contributed by atoms with Crippen LogP contribution in [0.5, 0.6) is 0 Å². The zero-order valence-electron chi connectivity index (χ0n) is 12.0. The quantitative estimate of drug-likeness (QED) is 0.789. The summed E-state index contributed by atoms with van der Waals surface area (Å²) in [4.78, 5) is 23.7. The van der Waals surface area contributed by atoms with Crippen LogP contribution in [0.25, 0.3) is 0 Å². The molecule has 2 rings (SSSR count). The molecule has 0 atom stereocenters. The van der Waals surface area contributed by atoms with Crippen LogP contribution in [0.3, 0.4) is 0 Å². The lowest BCUT2D eigenvalue weighted by molar-refractivity contribution is -0.127. The molecule has 4 N–H and O–H groups in total. The predicted molar refractivity (Wildman–Crippen MR) is 78.4 cm³/mol. The van der Waals surface area contributed by atoms with Crippen molar-refractivity contribution in [1.82, 2.24) is 5.32 Å². The number of carbonyl (C=O) groups excluding carboxylic acids is 2. The zero-order chi connectivity index (χ0) is 15.5. The lowest BCUT2D eigenvalue weighted by Gasteiger charge is -2.35. The summed E-state index contributed by atoms with van der Waals surface area (Å²) >= 11 is 0. The Morgan fingerprint density at radius 2 is 2.05 bits per heavy atom. The Labute approximate surface area is 123 Å². The van der Waals surface area contributed by atoms with Crippen LogP contribution in [0, 0.1) is 11.2 Å². The van der Waals surface area contributed by atoms with Crippen molar-refractivity contribution in [1.29, 1.82) is 0 Å². The van der Waals surface area contributed by atoms with E-state index in [1.165, 1.54) is 12.1 Å². The van der Waals surface area contributed by atoms with Crippen molar-refractivity contribution in [3.05, 3.63) is 29.6 Å². The van der Waals surface area contributed by atoms with E-state index in [0.717, 1.165) is 38.4 Å². The van der Waals surface area contributed by atoms with Crippen LogP contribution >= 0.6 is 0 Å². The van der Waals surface area contributed by atoms with Gasteiger partial charge in [-0.2, -0.15) is 0 Å². The number of hydrogen-bond donors (Lipinski definition) is 3. The second-order valence-corrected chi connectivity index (χ2v) is 5.40. The Balaban J connectivity index is 2.19. The highest BCUT2D eigenvalue weighted by Gasteiger charge is 2.37. The predicted octanol–water partition coefficient (Wildman–Crippen LogP) is 1.64. The number of anilines is 1. The standard InChI is InChI=1S/C15H20FN3O2/c1-2-15(5-7-18-8-6-15)14(21)19-10-3-4-12(16)11(9-10)13(17)20/h3-4,9,18H,2,5-8H2,1H3,(H2,17,20)(H,19,21). The fourth-order valence-corrected chi connectivity index (χ4v) is 2.70. The maximum Gasteiger partial charge on any atom is 0.251 e. The van der Waals surface area contributed by atoms with Crippen LogP contribution in [0.2, 0.25) is 0 Å². The Morgan fingerprint density at radius 3 is 2.62 bits per heavy atom. The van der Waals surface area contributed by atoms with E-state index in [4.69, 9.17) is 5.73 Å². The van der Waals surface area contributed by atoms with Crippen molar-refractivity contribution in [2.24, 2.45) is 11.1 Å². The number of halogens is 1. The molecule has 2 amide bonds. The highest BCUT2D eigenvalue weighted by Crippen LogP contribution is 2.34. The van der Waals surface area contributed by atoms with Gasteiger partial charge in [0.25, 0.3) is 5.91 Å². The van der Waals surface area contributed by atoms with Crippen molar-refractivity contribution in [2.75, 3.05) is 18.4 Å². The molecule has 0 radical (unpaired) electrons. The van der Waals surface area contributed by atoms with Crippen LogP contribution in [0.4, 0.5) is 10.1 Å². The van der Waals surface area contributed by atoms with E-state index in [0.29, 0.717) is 5.69 Å². The Bertz CT molecular complexity index is 554. The van der Waals surface area contributed by atoms with E-state index < -0.39 is 17.1 Å². The van der Waals surface area contributed by atoms with Gasteiger partial charge < -0.3 is 16.4 Å². The first kappa shape index (κ1) is 15.4. The summed E-state index contributed by atoms with van der Waals surface area (Å²) in [6.45, 7) is 3.60. The van der Waals surface area contributed by atoms with Crippen LogP contribution in [0.1, 0.15) is 36.5 Å². The number of amides is 2. The molecule has 0 aromatic heterocycles. The van der Waals surface area contributed by atoms with Gasteiger partial charge in [0.2, 0.25) is 5.91 Å². The summed E-state index contributed by atoms with van der Waals surface area (Å²) in [5.41, 5.74) is 4.87. The number of nitrogens with one attached hydrogen (secondary N) is 2. The molecule has 1 fully saturated rings. The van der Waals surface area contributed by atoms with Gasteiger partial charge in [-0.05, 0) is 50.6 Å². The number of rotatable bonds is 4. The van der Waals surface area contributed by atoms with Gasteiger partial charge in [-0.3, -0.25) is 9.59 Å². The normalized spacial score (nSPS) is 17.2. The summed E-state index contributed by atoms with van der Waals surface area (Å²) in [7, 11) is 0. The lowest BCUT2D eigenvalue weighted by Crippen LogP contribution is -2.44.